The second kappa shape index (κ2) is 9.02. The van der Waals surface area contributed by atoms with E-state index in [1.807, 2.05) is 0 Å². The number of aliphatic hydroxyl groups is 2. The van der Waals surface area contributed by atoms with Crippen LogP contribution >= 0.6 is 0 Å². The summed E-state index contributed by atoms with van der Waals surface area (Å²) in [5.41, 5.74) is -0.486. The number of hydrogen-bond donors (Lipinski definition) is 3. The third-order valence-electron chi connectivity index (χ3n) is 3.20. The van der Waals surface area contributed by atoms with Gasteiger partial charge in [-0.25, -0.2) is 0 Å². The molecule has 0 fully saturated rings. The van der Waals surface area contributed by atoms with Crippen LogP contribution in [0.1, 0.15) is 42.9 Å². The highest BCUT2D eigenvalue weighted by Gasteiger charge is 2.30. The maximum Gasteiger partial charge on any atom is 0.416 e. The van der Waals surface area contributed by atoms with Crippen LogP contribution in [-0.2, 0) is 6.18 Å². The zero-order valence-electron chi connectivity index (χ0n) is 11.9. The first-order chi connectivity index (χ1) is 9.95. The van der Waals surface area contributed by atoms with Crippen molar-refractivity contribution in [2.24, 2.45) is 0 Å². The first-order valence-electron chi connectivity index (χ1n) is 7.12. The summed E-state index contributed by atoms with van der Waals surface area (Å²) in [7, 11) is 0. The quantitative estimate of drug-likeness (QED) is 0.615. The summed E-state index contributed by atoms with van der Waals surface area (Å²) < 4.78 is 37.7. The second-order valence-electron chi connectivity index (χ2n) is 4.98. The normalized spacial score (nSPS) is 13.4. The summed E-state index contributed by atoms with van der Waals surface area (Å²) in [5.74, 6) is 0. The molecule has 6 heteroatoms. The van der Waals surface area contributed by atoms with Crippen molar-refractivity contribution in [3.63, 3.8) is 0 Å². The van der Waals surface area contributed by atoms with E-state index in [0.717, 1.165) is 37.8 Å². The number of rotatable bonds is 9. The minimum absolute atomic E-state index is 0.196. The summed E-state index contributed by atoms with van der Waals surface area (Å²) >= 11 is 0. The first kappa shape index (κ1) is 17.9. The van der Waals surface area contributed by atoms with Crippen LogP contribution in [0, 0.1) is 0 Å². The van der Waals surface area contributed by atoms with Crippen LogP contribution < -0.4 is 5.32 Å². The molecule has 3 N–H and O–H groups in total. The Bertz CT molecular complexity index is 410. The van der Waals surface area contributed by atoms with Gasteiger partial charge in [0.25, 0.3) is 0 Å². The minimum atomic E-state index is -4.39. The molecule has 120 valence electrons. The lowest BCUT2D eigenvalue weighted by atomic mass is 10.1. The molecule has 0 heterocycles. The lowest BCUT2D eigenvalue weighted by molar-refractivity contribution is -0.137. The van der Waals surface area contributed by atoms with Gasteiger partial charge in [0, 0.05) is 13.2 Å². The van der Waals surface area contributed by atoms with Crippen molar-refractivity contribution >= 4 is 0 Å². The molecule has 0 radical (unpaired) electrons. The molecule has 0 aliphatic rings. The number of halogens is 3. The SMILES string of the molecule is OCCCCCCNCC(O)c1cccc(C(F)(F)F)c1. The molecule has 0 aliphatic heterocycles. The number of aliphatic hydroxyl groups excluding tert-OH is 2. The fourth-order valence-corrected chi connectivity index (χ4v) is 1.99. The highest BCUT2D eigenvalue weighted by atomic mass is 19.4. The topological polar surface area (TPSA) is 52.5 Å². The summed E-state index contributed by atoms with van der Waals surface area (Å²) in [4.78, 5) is 0. The molecule has 0 saturated heterocycles. The van der Waals surface area contributed by atoms with Crippen LogP contribution in [0.5, 0.6) is 0 Å². The molecule has 1 atom stereocenters. The molecular weight excluding hydrogens is 283 g/mol. The Labute approximate surface area is 122 Å². The van der Waals surface area contributed by atoms with Crippen LogP contribution in [0.4, 0.5) is 13.2 Å². The van der Waals surface area contributed by atoms with E-state index in [4.69, 9.17) is 5.11 Å². The summed E-state index contributed by atoms with van der Waals surface area (Å²) in [6, 6.07) is 4.76. The van der Waals surface area contributed by atoms with Crippen LogP contribution in [0.15, 0.2) is 24.3 Å². The van der Waals surface area contributed by atoms with Gasteiger partial charge < -0.3 is 15.5 Å². The molecule has 0 spiro atoms. The van der Waals surface area contributed by atoms with E-state index in [1.165, 1.54) is 12.1 Å². The molecule has 1 aromatic carbocycles. The molecule has 0 aliphatic carbocycles. The maximum atomic E-state index is 12.6. The molecule has 0 aromatic heterocycles. The Morgan fingerprint density at radius 3 is 2.48 bits per heavy atom. The maximum absolute atomic E-state index is 12.6. The van der Waals surface area contributed by atoms with Crippen molar-refractivity contribution in [3.05, 3.63) is 35.4 Å². The van der Waals surface area contributed by atoms with Crippen molar-refractivity contribution in [1.29, 1.82) is 0 Å². The molecule has 1 unspecified atom stereocenters. The first-order valence-corrected chi connectivity index (χ1v) is 7.12. The number of hydrogen-bond acceptors (Lipinski definition) is 3. The molecule has 0 bridgehead atoms. The second-order valence-corrected chi connectivity index (χ2v) is 4.98. The Morgan fingerprint density at radius 1 is 1.10 bits per heavy atom. The van der Waals surface area contributed by atoms with Gasteiger partial charge in [0.2, 0.25) is 0 Å². The van der Waals surface area contributed by atoms with E-state index < -0.39 is 17.8 Å². The lowest BCUT2D eigenvalue weighted by Gasteiger charge is -2.14. The third kappa shape index (κ3) is 6.93. The Morgan fingerprint density at radius 2 is 1.81 bits per heavy atom. The van der Waals surface area contributed by atoms with Crippen molar-refractivity contribution < 1.29 is 23.4 Å². The zero-order valence-corrected chi connectivity index (χ0v) is 11.9. The average molecular weight is 305 g/mol. The average Bonchev–Trinajstić information content (AvgIpc) is 2.45. The van der Waals surface area contributed by atoms with Gasteiger partial charge in [0.05, 0.1) is 11.7 Å². The van der Waals surface area contributed by atoms with Gasteiger partial charge in [-0.1, -0.05) is 25.0 Å². The largest absolute Gasteiger partial charge is 0.416 e. The third-order valence-corrected chi connectivity index (χ3v) is 3.20. The van der Waals surface area contributed by atoms with E-state index >= 15 is 0 Å². The fraction of sp³-hybridized carbons (Fsp3) is 0.600. The van der Waals surface area contributed by atoms with Crippen LogP contribution in [0.25, 0.3) is 0 Å². The number of benzene rings is 1. The van der Waals surface area contributed by atoms with E-state index in [-0.39, 0.29) is 18.7 Å². The van der Waals surface area contributed by atoms with Crippen LogP contribution in [0.3, 0.4) is 0 Å². The monoisotopic (exact) mass is 305 g/mol. The van der Waals surface area contributed by atoms with Crippen molar-refractivity contribution in [2.75, 3.05) is 19.7 Å². The van der Waals surface area contributed by atoms with Gasteiger partial charge in [0.1, 0.15) is 0 Å². The van der Waals surface area contributed by atoms with Crippen LogP contribution in [-0.4, -0.2) is 29.9 Å². The summed E-state index contributed by atoms with van der Waals surface area (Å²) in [6.45, 7) is 1.12. The van der Waals surface area contributed by atoms with E-state index in [9.17, 15) is 18.3 Å². The molecular formula is C15H22F3NO2. The molecule has 0 amide bonds. The lowest BCUT2D eigenvalue weighted by Crippen LogP contribution is -2.22. The van der Waals surface area contributed by atoms with E-state index in [1.54, 1.807) is 0 Å². The standard InChI is InChI=1S/C15H22F3NO2/c16-15(17,18)13-7-5-6-12(10-13)14(21)11-19-8-3-1-2-4-9-20/h5-7,10,14,19-21H,1-4,8-9,11H2. The predicted octanol–water partition coefficient (Wildman–Crippen LogP) is 2.88. The van der Waals surface area contributed by atoms with E-state index in [0.29, 0.717) is 6.54 Å². The minimum Gasteiger partial charge on any atom is -0.396 e. The summed E-state index contributed by atoms with van der Waals surface area (Å²) in [5, 5.41) is 21.5. The highest BCUT2D eigenvalue weighted by molar-refractivity contribution is 5.27. The smallest absolute Gasteiger partial charge is 0.396 e. The van der Waals surface area contributed by atoms with Crippen molar-refractivity contribution in [1.82, 2.24) is 5.32 Å². The molecule has 21 heavy (non-hydrogen) atoms. The molecule has 1 rings (SSSR count). The molecule has 0 saturated carbocycles. The fourth-order valence-electron chi connectivity index (χ4n) is 1.99. The Hall–Kier alpha value is -1.11. The number of alkyl halides is 3. The van der Waals surface area contributed by atoms with Crippen molar-refractivity contribution in [2.45, 2.75) is 38.0 Å². The van der Waals surface area contributed by atoms with Crippen LogP contribution in [0.2, 0.25) is 0 Å². The highest BCUT2D eigenvalue weighted by Crippen LogP contribution is 2.30. The Balaban J connectivity index is 2.34. The van der Waals surface area contributed by atoms with Crippen molar-refractivity contribution in [3.8, 4) is 0 Å². The predicted molar refractivity (Wildman–Crippen MR) is 74.8 cm³/mol. The van der Waals surface area contributed by atoms with Gasteiger partial charge in [-0.2, -0.15) is 13.2 Å². The Kier molecular flexibility index (Phi) is 7.71. The van der Waals surface area contributed by atoms with Gasteiger partial charge in [0.15, 0.2) is 0 Å². The van der Waals surface area contributed by atoms with Gasteiger partial charge in [-0.3, -0.25) is 0 Å². The number of nitrogens with one attached hydrogen (secondary N) is 1. The van der Waals surface area contributed by atoms with Gasteiger partial charge in [-0.15, -0.1) is 0 Å². The van der Waals surface area contributed by atoms with E-state index in [2.05, 4.69) is 5.32 Å². The summed E-state index contributed by atoms with van der Waals surface area (Å²) in [6.07, 6.45) is -1.72. The number of unbranched alkanes of at least 4 members (excludes halogenated alkanes) is 3. The molecule has 3 nitrogen and oxygen atoms in total. The molecule has 1 aromatic rings. The zero-order chi connectivity index (χ0) is 15.7. The van der Waals surface area contributed by atoms with Gasteiger partial charge >= 0.3 is 6.18 Å². The van der Waals surface area contributed by atoms with Gasteiger partial charge in [-0.05, 0) is 37.1 Å².